The molecule has 0 saturated carbocycles. The van der Waals surface area contributed by atoms with E-state index in [1.807, 2.05) is 6.56 Å². The van der Waals surface area contributed by atoms with Gasteiger partial charge in [-0.05, 0) is 0 Å². The fourth-order valence-electron chi connectivity index (χ4n) is 3.24. The second-order valence-corrected chi connectivity index (χ2v) is 9.99. The molecule has 0 nitrogen and oxygen atoms in total. The molecule has 2 aliphatic rings. The Morgan fingerprint density at radius 1 is 0.810 bits per heavy atom. The van der Waals surface area contributed by atoms with Gasteiger partial charge in [0.1, 0.15) is 0 Å². The Labute approximate surface area is 143 Å². The van der Waals surface area contributed by atoms with Gasteiger partial charge in [-0.2, -0.15) is 0 Å². The van der Waals surface area contributed by atoms with Gasteiger partial charge in [0.15, 0.2) is 0 Å². The van der Waals surface area contributed by atoms with Crippen LogP contribution in [0.5, 0.6) is 0 Å². The topological polar surface area (TPSA) is 0 Å². The molecular weight excluding hydrogens is 331 g/mol. The molecule has 0 radical (unpaired) electrons. The molecule has 1 heteroatoms. The normalized spacial score (nSPS) is 18.5. The summed E-state index contributed by atoms with van der Waals surface area (Å²) >= 11 is -0.500. The molecule has 2 aliphatic carbocycles. The van der Waals surface area contributed by atoms with E-state index in [2.05, 4.69) is 39.8 Å². The third kappa shape index (κ3) is 4.41. The first kappa shape index (κ1) is 17.2. The minimum absolute atomic E-state index is 0.500. The van der Waals surface area contributed by atoms with Gasteiger partial charge < -0.3 is 0 Å². The Hall–Kier alpha value is -0.157. The van der Waals surface area contributed by atoms with Gasteiger partial charge >= 0.3 is 143 Å². The van der Waals surface area contributed by atoms with E-state index in [-0.39, 0.29) is 0 Å². The summed E-state index contributed by atoms with van der Waals surface area (Å²) in [6, 6.07) is 0. The summed E-state index contributed by atoms with van der Waals surface area (Å²) in [6.07, 6.45) is 15.6. The number of unbranched alkanes of at least 4 members (excludes halogenated alkanes) is 2. The maximum absolute atomic E-state index is 2.53. The molecule has 0 bridgehead atoms. The summed E-state index contributed by atoms with van der Waals surface area (Å²) in [5.41, 5.74) is 6.70. The van der Waals surface area contributed by atoms with E-state index >= 15 is 0 Å². The molecule has 21 heavy (non-hydrogen) atoms. The monoisotopic (exact) mass is 360 g/mol. The first-order chi connectivity index (χ1) is 10.2. The number of allylic oxidation sites excluding steroid dienone is 8. The van der Waals surface area contributed by atoms with E-state index in [0.29, 0.717) is 0 Å². The molecule has 0 aliphatic heterocycles. The second-order valence-electron chi connectivity index (χ2n) is 6.41. The zero-order chi connectivity index (χ0) is 15.2. The average Bonchev–Trinajstić information content (AvgIpc) is 3.00. The summed E-state index contributed by atoms with van der Waals surface area (Å²) in [4.78, 5) is 0. The molecule has 0 aromatic rings. The van der Waals surface area contributed by atoms with E-state index < -0.39 is 23.2 Å². The van der Waals surface area contributed by atoms with Gasteiger partial charge in [0.25, 0.3) is 0 Å². The van der Waals surface area contributed by atoms with Crippen LogP contribution in [0.2, 0.25) is 0 Å². The quantitative estimate of drug-likeness (QED) is 0.453. The predicted octanol–water partition coefficient (Wildman–Crippen LogP) is 6.66. The fourth-order valence-corrected chi connectivity index (χ4v) is 6.85. The molecule has 0 atom stereocenters. The number of hydrogen-bond donors (Lipinski definition) is 0. The molecule has 0 N–H and O–H groups in total. The summed E-state index contributed by atoms with van der Waals surface area (Å²) in [7, 11) is 0. The average molecular weight is 362 g/mol. The van der Waals surface area contributed by atoms with Crippen molar-refractivity contribution in [1.29, 1.82) is 0 Å². The van der Waals surface area contributed by atoms with Crippen molar-refractivity contribution >= 4 is 0 Å². The Morgan fingerprint density at radius 2 is 1.24 bits per heavy atom. The van der Waals surface area contributed by atoms with Gasteiger partial charge in [0.2, 0.25) is 0 Å². The zero-order valence-corrected chi connectivity index (χ0v) is 16.8. The Bertz CT molecular complexity index is 454. The van der Waals surface area contributed by atoms with Crippen LogP contribution >= 0.6 is 0 Å². The van der Waals surface area contributed by atoms with Crippen LogP contribution in [0.15, 0.2) is 41.0 Å². The second kappa shape index (κ2) is 8.47. The fraction of sp³-hybridized carbons (Fsp3) is 0.600. The van der Waals surface area contributed by atoms with Gasteiger partial charge in [0.05, 0.1) is 0 Å². The maximum atomic E-state index is 2.53. The van der Waals surface area contributed by atoms with Crippen LogP contribution in [0.4, 0.5) is 0 Å². The van der Waals surface area contributed by atoms with Crippen molar-refractivity contribution < 1.29 is 23.2 Å². The SMILES string of the molecule is CCCCC1=CC[C]([Zr][C]2=C(C)C(CCCC)=CC2)=C1C. The van der Waals surface area contributed by atoms with Crippen LogP contribution in [0.1, 0.15) is 79.1 Å². The van der Waals surface area contributed by atoms with Crippen LogP contribution in [0.25, 0.3) is 0 Å². The van der Waals surface area contributed by atoms with Crippen molar-refractivity contribution in [2.75, 3.05) is 0 Å². The van der Waals surface area contributed by atoms with Crippen molar-refractivity contribution in [3.8, 4) is 0 Å². The van der Waals surface area contributed by atoms with Gasteiger partial charge in [-0.25, -0.2) is 0 Å². The summed E-state index contributed by atoms with van der Waals surface area (Å²) < 4.78 is 3.70. The Balaban J connectivity index is 1.97. The van der Waals surface area contributed by atoms with Gasteiger partial charge in [-0.3, -0.25) is 0 Å². The number of rotatable bonds is 8. The molecule has 0 saturated heterocycles. The summed E-state index contributed by atoms with van der Waals surface area (Å²) in [5.74, 6) is 0. The van der Waals surface area contributed by atoms with Crippen LogP contribution in [0.3, 0.4) is 0 Å². The molecule has 114 valence electrons. The van der Waals surface area contributed by atoms with Crippen LogP contribution in [0, 0.1) is 0 Å². The predicted molar refractivity (Wildman–Crippen MR) is 89.9 cm³/mol. The molecule has 0 aromatic carbocycles. The van der Waals surface area contributed by atoms with Crippen LogP contribution in [-0.4, -0.2) is 0 Å². The van der Waals surface area contributed by atoms with Crippen molar-refractivity contribution in [1.82, 2.24) is 0 Å². The van der Waals surface area contributed by atoms with Crippen molar-refractivity contribution in [2.24, 2.45) is 0 Å². The van der Waals surface area contributed by atoms with Crippen LogP contribution in [-0.2, 0) is 23.2 Å². The molecule has 0 aromatic heterocycles. The molecule has 0 fully saturated rings. The Kier molecular flexibility index (Phi) is 6.94. The molecule has 0 unspecified atom stereocenters. The Morgan fingerprint density at radius 3 is 1.62 bits per heavy atom. The molecule has 0 heterocycles. The van der Waals surface area contributed by atoms with E-state index in [0.717, 1.165) is 0 Å². The van der Waals surface area contributed by atoms with Crippen molar-refractivity contribution in [3.63, 3.8) is 0 Å². The third-order valence-electron chi connectivity index (χ3n) is 4.87. The van der Waals surface area contributed by atoms with E-state index in [1.54, 1.807) is 22.3 Å². The van der Waals surface area contributed by atoms with Gasteiger partial charge in [0, 0.05) is 0 Å². The first-order valence-electron chi connectivity index (χ1n) is 8.72. The summed E-state index contributed by atoms with van der Waals surface area (Å²) in [6.45, 7) is 9.37. The number of hydrogen-bond acceptors (Lipinski definition) is 0. The minimum atomic E-state index is -0.500. The van der Waals surface area contributed by atoms with Crippen molar-refractivity contribution in [2.45, 2.75) is 79.1 Å². The molecule has 0 amide bonds. The first-order valence-corrected chi connectivity index (χ1v) is 11.2. The van der Waals surface area contributed by atoms with Crippen LogP contribution < -0.4 is 0 Å². The molecule has 0 spiro atoms. The van der Waals surface area contributed by atoms with Crippen molar-refractivity contribution in [3.05, 3.63) is 41.0 Å². The van der Waals surface area contributed by atoms with E-state index in [9.17, 15) is 0 Å². The van der Waals surface area contributed by atoms with E-state index in [4.69, 9.17) is 0 Å². The standard InChI is InChI=1S/2C10H15.Zr/c2*1-3-4-7-10-8-5-6-9(10)2;/h2*8H,3-5,7H2,1-2H3;. The molecular formula is C20H30Zr. The third-order valence-corrected chi connectivity index (χ3v) is 9.21. The zero-order valence-electron chi connectivity index (χ0n) is 14.3. The van der Waals surface area contributed by atoms with E-state index in [1.165, 1.54) is 51.4 Å². The van der Waals surface area contributed by atoms with Gasteiger partial charge in [-0.15, -0.1) is 0 Å². The summed E-state index contributed by atoms with van der Waals surface area (Å²) in [5, 5.41) is 0. The molecule has 2 rings (SSSR count). The van der Waals surface area contributed by atoms with Gasteiger partial charge in [-0.1, -0.05) is 0 Å².